The number of nitrogens with zero attached hydrogens (tertiary/aromatic N) is 1. The van der Waals surface area contributed by atoms with E-state index >= 15 is 0 Å². The third kappa shape index (κ3) is 5.21. The van der Waals surface area contributed by atoms with E-state index in [1.54, 1.807) is 0 Å². The van der Waals surface area contributed by atoms with Gasteiger partial charge in [0.1, 0.15) is 11.2 Å². The lowest BCUT2D eigenvalue weighted by Gasteiger charge is -2.57. The number of rotatable bonds is 6. The zero-order chi connectivity index (χ0) is 40.5. The SMILES string of the molecule is CC1(C)c2ccccc2-c2cccc(N(c3ccc4oc5c(C67CC8CC(CC(C8)C6)C7)cccc5c4c3)c3ccccc3-c3cccc4cccc(-c5ccccc5)c34)c21. The third-order valence-corrected chi connectivity index (χ3v) is 15.6. The van der Waals surface area contributed by atoms with Crippen molar-refractivity contribution >= 4 is 49.8 Å². The van der Waals surface area contributed by atoms with Crippen molar-refractivity contribution in [2.24, 2.45) is 17.8 Å². The second-order valence-corrected chi connectivity index (χ2v) is 19.5. The van der Waals surface area contributed by atoms with Gasteiger partial charge in [-0.15, -0.1) is 0 Å². The van der Waals surface area contributed by atoms with Crippen LogP contribution in [0.3, 0.4) is 0 Å². The lowest BCUT2D eigenvalue weighted by molar-refractivity contribution is -0.00485. The molecule has 1 aromatic heterocycles. The summed E-state index contributed by atoms with van der Waals surface area (Å²) >= 11 is 0. The zero-order valence-electron chi connectivity index (χ0n) is 35.0. The monoisotopic (exact) mass is 787 g/mol. The predicted molar refractivity (Wildman–Crippen MR) is 254 cm³/mol. The minimum absolute atomic E-state index is 0.213. The van der Waals surface area contributed by atoms with Crippen LogP contribution in [-0.2, 0) is 10.8 Å². The molecule has 0 unspecified atom stereocenters. The normalized spacial score (nSPS) is 21.9. The number of benzene rings is 8. The van der Waals surface area contributed by atoms with E-state index in [9.17, 15) is 0 Å². The van der Waals surface area contributed by atoms with Crippen molar-refractivity contribution in [3.8, 4) is 33.4 Å². The van der Waals surface area contributed by atoms with Gasteiger partial charge in [0.25, 0.3) is 0 Å². The van der Waals surface area contributed by atoms with Crippen LogP contribution in [-0.4, -0.2) is 0 Å². The summed E-state index contributed by atoms with van der Waals surface area (Å²) in [5, 5.41) is 4.93. The fourth-order valence-electron chi connectivity index (χ4n) is 13.5. The smallest absolute Gasteiger partial charge is 0.139 e. The third-order valence-electron chi connectivity index (χ3n) is 15.6. The molecule has 4 bridgehead atoms. The fraction of sp³-hybridized carbons (Fsp3) is 0.220. The largest absolute Gasteiger partial charge is 0.456 e. The maximum absolute atomic E-state index is 7.05. The molecule has 296 valence electrons. The second-order valence-electron chi connectivity index (χ2n) is 19.5. The second kappa shape index (κ2) is 13.1. The van der Waals surface area contributed by atoms with Crippen molar-refractivity contribution < 1.29 is 4.42 Å². The molecule has 5 aliphatic rings. The molecule has 61 heavy (non-hydrogen) atoms. The van der Waals surface area contributed by atoms with Gasteiger partial charge >= 0.3 is 0 Å². The molecule has 14 rings (SSSR count). The van der Waals surface area contributed by atoms with E-state index < -0.39 is 0 Å². The predicted octanol–water partition coefficient (Wildman–Crippen LogP) is 16.3. The molecule has 8 aromatic carbocycles. The highest BCUT2D eigenvalue weighted by atomic mass is 16.3. The van der Waals surface area contributed by atoms with Crippen molar-refractivity contribution in [3.05, 3.63) is 187 Å². The van der Waals surface area contributed by atoms with Gasteiger partial charge in [-0.25, -0.2) is 0 Å². The van der Waals surface area contributed by atoms with Gasteiger partial charge < -0.3 is 9.32 Å². The molecule has 0 amide bonds. The zero-order valence-corrected chi connectivity index (χ0v) is 35.0. The number of furan rings is 1. The van der Waals surface area contributed by atoms with Crippen molar-refractivity contribution in [2.75, 3.05) is 4.90 Å². The van der Waals surface area contributed by atoms with E-state index in [2.05, 4.69) is 189 Å². The van der Waals surface area contributed by atoms with Crippen LogP contribution in [0, 0.1) is 17.8 Å². The molecule has 0 spiro atoms. The summed E-state index contributed by atoms with van der Waals surface area (Å²) in [6.45, 7) is 4.81. The van der Waals surface area contributed by atoms with Gasteiger partial charge in [-0.2, -0.15) is 0 Å². The van der Waals surface area contributed by atoms with Crippen molar-refractivity contribution in [3.63, 3.8) is 0 Å². The van der Waals surface area contributed by atoms with Crippen molar-refractivity contribution in [2.45, 2.75) is 63.2 Å². The minimum atomic E-state index is -0.213. The maximum Gasteiger partial charge on any atom is 0.139 e. The van der Waals surface area contributed by atoms with Crippen molar-refractivity contribution in [1.29, 1.82) is 0 Å². The Hall–Kier alpha value is -6.38. The Labute approximate surface area is 358 Å². The molecule has 4 fully saturated rings. The Bertz CT molecular complexity index is 3180. The van der Waals surface area contributed by atoms with Gasteiger partial charge in [0, 0.05) is 33.0 Å². The first-order valence-electron chi connectivity index (χ1n) is 22.6. The number of anilines is 3. The van der Waals surface area contributed by atoms with Crippen LogP contribution in [0.2, 0.25) is 0 Å². The molecule has 9 aromatic rings. The topological polar surface area (TPSA) is 16.4 Å². The molecule has 0 saturated heterocycles. The highest BCUT2D eigenvalue weighted by Gasteiger charge is 2.52. The van der Waals surface area contributed by atoms with Crippen molar-refractivity contribution in [1.82, 2.24) is 0 Å². The average Bonchev–Trinajstić information content (AvgIpc) is 3.78. The first-order valence-corrected chi connectivity index (χ1v) is 22.6. The average molecular weight is 788 g/mol. The van der Waals surface area contributed by atoms with E-state index in [4.69, 9.17) is 4.42 Å². The molecule has 0 atom stereocenters. The van der Waals surface area contributed by atoms with Gasteiger partial charge in [0.05, 0.1) is 11.4 Å². The molecule has 0 radical (unpaired) electrons. The number of fused-ring (bicyclic) bond motifs is 7. The van der Waals surface area contributed by atoms with Crippen LogP contribution in [0.15, 0.2) is 174 Å². The summed E-state index contributed by atoms with van der Waals surface area (Å²) in [6, 6.07) is 63.4. The van der Waals surface area contributed by atoms with E-state index in [0.29, 0.717) is 0 Å². The highest BCUT2D eigenvalue weighted by molar-refractivity contribution is 6.11. The summed E-state index contributed by atoms with van der Waals surface area (Å²) in [7, 11) is 0. The number of hydrogen-bond donors (Lipinski definition) is 0. The molecule has 1 heterocycles. The first kappa shape index (κ1) is 35.4. The lowest BCUT2D eigenvalue weighted by Crippen LogP contribution is -2.48. The highest BCUT2D eigenvalue weighted by Crippen LogP contribution is 2.62. The Kier molecular flexibility index (Phi) is 7.58. The van der Waals surface area contributed by atoms with Crippen LogP contribution >= 0.6 is 0 Å². The minimum Gasteiger partial charge on any atom is -0.456 e. The Morgan fingerprint density at radius 3 is 1.89 bits per heavy atom. The number of para-hydroxylation sites is 2. The van der Waals surface area contributed by atoms with Gasteiger partial charge in [0.15, 0.2) is 0 Å². The maximum atomic E-state index is 7.05. The lowest BCUT2D eigenvalue weighted by atomic mass is 9.48. The van der Waals surface area contributed by atoms with Crippen LogP contribution < -0.4 is 4.90 Å². The van der Waals surface area contributed by atoms with Gasteiger partial charge in [-0.05, 0) is 142 Å². The quantitative estimate of drug-likeness (QED) is 0.167. The first-order chi connectivity index (χ1) is 29.9. The Morgan fingerprint density at radius 1 is 0.492 bits per heavy atom. The van der Waals surface area contributed by atoms with Crippen LogP contribution in [0.4, 0.5) is 17.1 Å². The van der Waals surface area contributed by atoms with E-state index in [0.717, 1.165) is 40.3 Å². The summed E-state index contributed by atoms with van der Waals surface area (Å²) in [4.78, 5) is 2.56. The van der Waals surface area contributed by atoms with E-state index in [1.165, 1.54) is 116 Å². The molecule has 0 N–H and O–H groups in total. The fourth-order valence-corrected chi connectivity index (χ4v) is 13.5. The number of hydrogen-bond acceptors (Lipinski definition) is 2. The standard InChI is InChI=1S/C59H49NO/c1-58(2)50-24-8-6-18-44(50)47-22-13-27-53(56(47)58)60(52-26-9-7-19-45(52)46-21-11-17-41-16-10-20-43(55(41)46)40-14-4-3-5-15-40)42-28-29-54-49(33-42)48-23-12-25-51(57(48)61-54)59-34-37-30-38(35-59)32-39(31-37)36-59/h3-29,33,37-39H,30-32,34-36H2,1-2H3. The molecule has 2 heteroatoms. The Morgan fingerprint density at radius 2 is 1.10 bits per heavy atom. The molecule has 5 aliphatic carbocycles. The molecule has 4 saturated carbocycles. The van der Waals surface area contributed by atoms with E-state index in [-0.39, 0.29) is 10.8 Å². The summed E-state index contributed by atoms with van der Waals surface area (Å²) in [5.41, 5.74) is 17.3. The van der Waals surface area contributed by atoms with Gasteiger partial charge in [0.2, 0.25) is 0 Å². The van der Waals surface area contributed by atoms with Gasteiger partial charge in [-0.3, -0.25) is 0 Å². The molecular weight excluding hydrogens is 739 g/mol. The van der Waals surface area contributed by atoms with E-state index in [1.807, 2.05) is 0 Å². The molecule has 2 nitrogen and oxygen atoms in total. The Balaban J connectivity index is 1.06. The summed E-state index contributed by atoms with van der Waals surface area (Å²) < 4.78 is 7.05. The molecular formula is C59H49NO. The molecule has 0 aliphatic heterocycles. The summed E-state index contributed by atoms with van der Waals surface area (Å²) in [5.74, 6) is 2.62. The summed E-state index contributed by atoms with van der Waals surface area (Å²) in [6.07, 6.45) is 8.28. The van der Waals surface area contributed by atoms with Crippen LogP contribution in [0.25, 0.3) is 66.1 Å². The van der Waals surface area contributed by atoms with Gasteiger partial charge in [-0.1, -0.05) is 153 Å². The van der Waals surface area contributed by atoms with Crippen LogP contribution in [0.1, 0.15) is 69.1 Å². The van der Waals surface area contributed by atoms with Crippen LogP contribution in [0.5, 0.6) is 0 Å².